The Bertz CT molecular complexity index is 787. The van der Waals surface area contributed by atoms with E-state index in [4.69, 9.17) is 4.74 Å². The summed E-state index contributed by atoms with van der Waals surface area (Å²) >= 11 is 1.96. The van der Waals surface area contributed by atoms with Gasteiger partial charge in [-0.25, -0.2) is 9.38 Å². The molecule has 1 saturated carbocycles. The van der Waals surface area contributed by atoms with Gasteiger partial charge < -0.3 is 9.64 Å². The first kappa shape index (κ1) is 17.2. The molecule has 3 rings (SSSR count). The topological polar surface area (TPSA) is 24.8 Å². The first-order valence-electron chi connectivity index (χ1n) is 7.94. The van der Waals surface area contributed by atoms with Gasteiger partial charge in [0.05, 0.1) is 12.0 Å². The maximum atomic E-state index is 13.7. The highest BCUT2D eigenvalue weighted by atomic mass is 127. The molecule has 0 unspecified atom stereocenters. The van der Waals surface area contributed by atoms with Crippen molar-refractivity contribution in [1.29, 1.82) is 0 Å². The van der Waals surface area contributed by atoms with Crippen LogP contribution >= 0.6 is 22.6 Å². The summed E-state index contributed by atoms with van der Waals surface area (Å²) in [5.74, 6) is 0.953. The van der Waals surface area contributed by atoms with Crippen LogP contribution in [0.1, 0.15) is 24.0 Å². The number of aliphatic imine (C=N–C) groups is 1. The lowest BCUT2D eigenvalue weighted by Gasteiger charge is -2.13. The molecule has 1 fully saturated rings. The molecule has 0 heterocycles. The molecule has 24 heavy (non-hydrogen) atoms. The van der Waals surface area contributed by atoms with E-state index in [0.29, 0.717) is 15.4 Å². The van der Waals surface area contributed by atoms with Gasteiger partial charge in [0.1, 0.15) is 17.3 Å². The van der Waals surface area contributed by atoms with Crippen molar-refractivity contribution in [3.05, 3.63) is 50.8 Å². The Kier molecular flexibility index (Phi) is 5.08. The Morgan fingerprint density at radius 1 is 1.21 bits per heavy atom. The lowest BCUT2D eigenvalue weighted by atomic mass is 10.1. The van der Waals surface area contributed by atoms with Crippen LogP contribution in [0.15, 0.2) is 35.3 Å². The molecule has 0 atom stereocenters. The van der Waals surface area contributed by atoms with E-state index in [1.165, 1.54) is 18.9 Å². The van der Waals surface area contributed by atoms with Crippen LogP contribution in [-0.4, -0.2) is 24.3 Å². The van der Waals surface area contributed by atoms with Crippen LogP contribution in [0.5, 0.6) is 11.5 Å². The maximum absolute atomic E-state index is 13.7. The number of aryl methyl sites for hydroxylation is 2. The summed E-state index contributed by atoms with van der Waals surface area (Å²) in [7, 11) is 2.06. The van der Waals surface area contributed by atoms with Gasteiger partial charge in [-0.1, -0.05) is 0 Å². The van der Waals surface area contributed by atoms with Crippen molar-refractivity contribution in [2.24, 2.45) is 4.99 Å². The molecule has 0 N–H and O–H groups in total. The van der Waals surface area contributed by atoms with Crippen molar-refractivity contribution < 1.29 is 9.13 Å². The lowest BCUT2D eigenvalue weighted by Crippen LogP contribution is -2.17. The zero-order valence-electron chi connectivity index (χ0n) is 14.0. The summed E-state index contributed by atoms with van der Waals surface area (Å²) in [4.78, 5) is 6.75. The summed E-state index contributed by atoms with van der Waals surface area (Å²) in [6, 6.07) is 9.50. The van der Waals surface area contributed by atoms with Crippen molar-refractivity contribution in [2.45, 2.75) is 32.7 Å². The zero-order chi connectivity index (χ0) is 17.3. The van der Waals surface area contributed by atoms with E-state index >= 15 is 0 Å². The second-order valence-corrected chi connectivity index (χ2v) is 7.39. The van der Waals surface area contributed by atoms with Crippen molar-refractivity contribution >= 4 is 34.6 Å². The molecule has 0 spiro atoms. The summed E-state index contributed by atoms with van der Waals surface area (Å²) < 4.78 is 20.1. The summed E-state index contributed by atoms with van der Waals surface area (Å²) in [5.41, 5.74) is 2.93. The van der Waals surface area contributed by atoms with Gasteiger partial charge in [-0.15, -0.1) is 0 Å². The number of hydrogen-bond donors (Lipinski definition) is 0. The van der Waals surface area contributed by atoms with Gasteiger partial charge in [-0.05, 0) is 84.7 Å². The predicted octanol–water partition coefficient (Wildman–Crippen LogP) is 5.59. The number of ether oxygens (including phenoxy) is 1. The molecule has 0 aliphatic heterocycles. The van der Waals surface area contributed by atoms with Crippen LogP contribution < -0.4 is 4.74 Å². The Labute approximate surface area is 155 Å². The Morgan fingerprint density at radius 2 is 1.96 bits per heavy atom. The molecule has 0 bridgehead atoms. The molecule has 1 aliphatic rings. The number of nitrogens with zero attached hydrogens (tertiary/aromatic N) is 2. The van der Waals surface area contributed by atoms with Crippen LogP contribution in [-0.2, 0) is 0 Å². The standard InChI is InChI=1S/C19H20FIN2O/c1-12-9-19(24-15-6-7-17(21)16(20)10-15)13(2)8-18(12)22-11-23(3)14-4-5-14/h6-11,14H,4-5H2,1-3H3/b22-11+. The average Bonchev–Trinajstić information content (AvgIpc) is 3.37. The highest BCUT2D eigenvalue weighted by molar-refractivity contribution is 14.1. The number of halogens is 2. The maximum Gasteiger partial charge on any atom is 0.140 e. The van der Waals surface area contributed by atoms with E-state index in [9.17, 15) is 4.39 Å². The van der Waals surface area contributed by atoms with Gasteiger partial charge in [-0.3, -0.25) is 0 Å². The van der Waals surface area contributed by atoms with Crippen molar-refractivity contribution in [3.8, 4) is 11.5 Å². The van der Waals surface area contributed by atoms with Gasteiger partial charge >= 0.3 is 0 Å². The van der Waals surface area contributed by atoms with Crippen molar-refractivity contribution in [3.63, 3.8) is 0 Å². The Balaban J connectivity index is 1.79. The quantitative estimate of drug-likeness (QED) is 0.345. The molecule has 126 valence electrons. The normalized spacial score (nSPS) is 14.2. The molecule has 2 aromatic carbocycles. The minimum absolute atomic E-state index is 0.271. The molecule has 3 nitrogen and oxygen atoms in total. The van der Waals surface area contributed by atoms with E-state index in [2.05, 4.69) is 16.9 Å². The molecule has 5 heteroatoms. The van der Waals surface area contributed by atoms with E-state index < -0.39 is 0 Å². The van der Waals surface area contributed by atoms with Gasteiger partial charge in [0.15, 0.2) is 0 Å². The van der Waals surface area contributed by atoms with E-state index in [-0.39, 0.29) is 5.82 Å². The van der Waals surface area contributed by atoms with Crippen LogP contribution in [0, 0.1) is 23.2 Å². The highest BCUT2D eigenvalue weighted by Crippen LogP contribution is 2.32. The SMILES string of the molecule is Cc1cc(Oc2ccc(I)c(F)c2)c(C)cc1/N=C/N(C)C1CC1. The Morgan fingerprint density at radius 3 is 2.62 bits per heavy atom. The third-order valence-corrected chi connectivity index (χ3v) is 4.99. The minimum Gasteiger partial charge on any atom is -0.457 e. The molecule has 1 aliphatic carbocycles. The fourth-order valence-corrected chi connectivity index (χ4v) is 2.76. The smallest absolute Gasteiger partial charge is 0.140 e. The van der Waals surface area contributed by atoms with E-state index in [1.54, 1.807) is 12.1 Å². The third kappa shape index (κ3) is 4.06. The van der Waals surface area contributed by atoms with Gasteiger partial charge in [0.2, 0.25) is 0 Å². The molecule has 0 amide bonds. The summed E-state index contributed by atoms with van der Waals surface area (Å²) in [5, 5.41) is 0. The molecule has 0 radical (unpaired) electrons. The Hall–Kier alpha value is -1.63. The minimum atomic E-state index is -0.271. The third-order valence-electron chi connectivity index (χ3n) is 4.11. The molecule has 2 aromatic rings. The van der Waals surface area contributed by atoms with E-state index in [0.717, 1.165) is 22.6 Å². The monoisotopic (exact) mass is 438 g/mol. The second kappa shape index (κ2) is 7.09. The molecule has 0 saturated heterocycles. The molecule has 0 aromatic heterocycles. The van der Waals surface area contributed by atoms with Gasteiger partial charge in [-0.2, -0.15) is 0 Å². The number of benzene rings is 2. The fourth-order valence-electron chi connectivity index (χ4n) is 2.42. The molecular formula is C19H20FIN2O. The van der Waals surface area contributed by atoms with Crippen LogP contribution in [0.2, 0.25) is 0 Å². The largest absolute Gasteiger partial charge is 0.457 e. The van der Waals surface area contributed by atoms with Crippen LogP contribution in [0.4, 0.5) is 10.1 Å². The fraction of sp³-hybridized carbons (Fsp3) is 0.316. The lowest BCUT2D eigenvalue weighted by molar-refractivity contribution is 0.472. The summed E-state index contributed by atoms with van der Waals surface area (Å²) in [6.45, 7) is 3.98. The van der Waals surface area contributed by atoms with Crippen molar-refractivity contribution in [1.82, 2.24) is 4.90 Å². The first-order valence-corrected chi connectivity index (χ1v) is 9.02. The van der Waals surface area contributed by atoms with E-state index in [1.807, 2.05) is 54.9 Å². The average molecular weight is 438 g/mol. The first-order chi connectivity index (χ1) is 11.4. The van der Waals surface area contributed by atoms with Crippen LogP contribution in [0.25, 0.3) is 0 Å². The van der Waals surface area contributed by atoms with Crippen LogP contribution in [0.3, 0.4) is 0 Å². The predicted molar refractivity (Wildman–Crippen MR) is 104 cm³/mol. The summed E-state index contributed by atoms with van der Waals surface area (Å²) in [6.07, 6.45) is 4.40. The second-order valence-electron chi connectivity index (χ2n) is 6.22. The van der Waals surface area contributed by atoms with Gasteiger partial charge in [0, 0.05) is 22.7 Å². The zero-order valence-corrected chi connectivity index (χ0v) is 16.2. The van der Waals surface area contributed by atoms with Gasteiger partial charge in [0.25, 0.3) is 0 Å². The van der Waals surface area contributed by atoms with Crippen molar-refractivity contribution in [2.75, 3.05) is 7.05 Å². The number of rotatable bonds is 5. The number of hydrogen-bond acceptors (Lipinski definition) is 2. The molecular weight excluding hydrogens is 418 g/mol. The highest BCUT2D eigenvalue weighted by Gasteiger charge is 2.24.